The van der Waals surface area contributed by atoms with E-state index in [4.69, 9.17) is 28.9 Å². The highest BCUT2D eigenvalue weighted by atomic mass is 32.2. The molecule has 1 fully saturated rings. The summed E-state index contributed by atoms with van der Waals surface area (Å²) in [5.41, 5.74) is 2.73. The monoisotopic (exact) mass is 999 g/mol. The second kappa shape index (κ2) is 28.8. The van der Waals surface area contributed by atoms with Crippen LogP contribution in [0.4, 0.5) is 9.18 Å². The van der Waals surface area contributed by atoms with Crippen molar-refractivity contribution in [1.29, 1.82) is 0 Å². The molecule has 1 amide bonds. The van der Waals surface area contributed by atoms with E-state index in [-0.39, 0.29) is 63.0 Å². The predicted octanol–water partition coefficient (Wildman–Crippen LogP) is 14.0. The first kappa shape index (κ1) is 55.9. The first-order valence-electron chi connectivity index (χ1n) is 26.8. The van der Waals surface area contributed by atoms with Gasteiger partial charge in [0.15, 0.2) is 0 Å². The lowest BCUT2D eigenvalue weighted by molar-refractivity contribution is -0.256. The lowest BCUT2D eigenvalue weighted by Crippen LogP contribution is -2.70. The number of oxime groups is 1. The van der Waals surface area contributed by atoms with Gasteiger partial charge >= 0.3 is 6.09 Å². The van der Waals surface area contributed by atoms with Crippen molar-refractivity contribution in [2.45, 2.75) is 172 Å². The van der Waals surface area contributed by atoms with Gasteiger partial charge in [-0.15, -0.1) is 18.3 Å². The van der Waals surface area contributed by atoms with Crippen LogP contribution in [0.25, 0.3) is 0 Å². The summed E-state index contributed by atoms with van der Waals surface area (Å²) >= 11 is 1.75. The second-order valence-corrected chi connectivity index (χ2v) is 21.7. The average molecular weight is 999 g/mol. The SMILES string of the molecule is C=CCO[C@@]12Oc3ccc(OCCSc4ccccc4)cc3[C@H]3[C@H](CCCCO)[C@@H](CCCCO)C=C(C(=NOC(C)(C)C)C[C@@H]1N(Cc1ccc(F)cc1)C(=O)OCCCCCCCCCCCC)[C@H]32. The molecular formula is C59H83FN2O8S. The quantitative estimate of drug-likeness (QED) is 0.0281. The molecule has 0 unspecified atom stereocenters. The molecule has 2 N–H and O–H groups in total. The molecule has 10 nitrogen and oxygen atoms in total. The lowest BCUT2D eigenvalue weighted by Gasteiger charge is -2.60. The van der Waals surface area contributed by atoms with E-state index in [0.29, 0.717) is 30.9 Å². The summed E-state index contributed by atoms with van der Waals surface area (Å²) in [6.07, 6.45) is 19.9. The summed E-state index contributed by atoms with van der Waals surface area (Å²) in [6.45, 7) is 13.4. The van der Waals surface area contributed by atoms with Gasteiger partial charge in [0, 0.05) is 48.3 Å². The molecule has 71 heavy (non-hydrogen) atoms. The normalized spacial score (nSPS) is 21.9. The number of hydrogen-bond donors (Lipinski definition) is 2. The number of ether oxygens (including phenoxy) is 4. The van der Waals surface area contributed by atoms with Crippen molar-refractivity contribution in [1.82, 2.24) is 4.90 Å². The highest BCUT2D eigenvalue weighted by Crippen LogP contribution is 2.62. The number of unbranched alkanes of at least 4 members (excludes halogenated alkanes) is 11. The third-order valence-electron chi connectivity index (χ3n) is 14.0. The molecule has 0 saturated heterocycles. The first-order valence-corrected chi connectivity index (χ1v) is 27.8. The predicted molar refractivity (Wildman–Crippen MR) is 284 cm³/mol. The summed E-state index contributed by atoms with van der Waals surface area (Å²) in [7, 11) is 0. The summed E-state index contributed by atoms with van der Waals surface area (Å²) in [4.78, 5) is 24.3. The Hall–Kier alpha value is -4.36. The molecule has 12 heteroatoms. The van der Waals surface area contributed by atoms with Crippen LogP contribution in [-0.4, -0.2) is 83.1 Å². The number of nitrogens with zero attached hydrogens (tertiary/aromatic N) is 2. The van der Waals surface area contributed by atoms with Gasteiger partial charge in [-0.05, 0) is 118 Å². The van der Waals surface area contributed by atoms with Crippen molar-refractivity contribution in [2.75, 3.05) is 38.8 Å². The number of hydrogen-bond acceptors (Lipinski definition) is 10. The van der Waals surface area contributed by atoms with Crippen LogP contribution in [0.2, 0.25) is 0 Å². The first-order chi connectivity index (χ1) is 34.5. The Morgan fingerprint density at radius 3 is 2.25 bits per heavy atom. The molecule has 0 aromatic heterocycles. The number of aliphatic hydroxyl groups is 2. The number of aliphatic hydroxyl groups excluding tert-OH is 2. The van der Waals surface area contributed by atoms with Crippen LogP contribution in [0.3, 0.4) is 0 Å². The van der Waals surface area contributed by atoms with Crippen molar-refractivity contribution >= 4 is 23.6 Å². The van der Waals surface area contributed by atoms with Crippen LogP contribution in [0.1, 0.15) is 154 Å². The van der Waals surface area contributed by atoms with Gasteiger partial charge < -0.3 is 34.0 Å². The van der Waals surface area contributed by atoms with E-state index < -0.39 is 29.4 Å². The average Bonchev–Trinajstić information content (AvgIpc) is 3.36. The zero-order valence-electron chi connectivity index (χ0n) is 43.2. The van der Waals surface area contributed by atoms with Gasteiger partial charge in [-0.25, -0.2) is 9.18 Å². The minimum Gasteiger partial charge on any atom is -0.493 e. The van der Waals surface area contributed by atoms with Crippen LogP contribution >= 0.6 is 11.8 Å². The van der Waals surface area contributed by atoms with Crippen LogP contribution in [0.15, 0.2) is 107 Å². The molecule has 3 aromatic rings. The maximum Gasteiger partial charge on any atom is 0.410 e. The van der Waals surface area contributed by atoms with Crippen molar-refractivity contribution in [3.05, 3.63) is 114 Å². The largest absolute Gasteiger partial charge is 0.493 e. The van der Waals surface area contributed by atoms with E-state index in [2.05, 4.69) is 37.8 Å². The number of benzene rings is 3. The minimum atomic E-state index is -1.48. The second-order valence-electron chi connectivity index (χ2n) is 20.5. The molecule has 2 aliphatic carbocycles. The maximum atomic E-state index is 15.0. The molecule has 6 rings (SSSR count). The fraction of sp³-hybridized carbons (Fsp3) is 0.593. The van der Waals surface area contributed by atoms with Gasteiger partial charge in [0.25, 0.3) is 0 Å². The van der Waals surface area contributed by atoms with Crippen molar-refractivity contribution in [3.8, 4) is 11.5 Å². The topological polar surface area (TPSA) is 119 Å². The molecule has 3 aliphatic rings. The maximum absolute atomic E-state index is 15.0. The highest BCUT2D eigenvalue weighted by molar-refractivity contribution is 7.99. The van der Waals surface area contributed by atoms with Crippen LogP contribution in [0.5, 0.6) is 11.5 Å². The fourth-order valence-electron chi connectivity index (χ4n) is 10.7. The van der Waals surface area contributed by atoms with Crippen LogP contribution in [0, 0.1) is 23.6 Å². The molecule has 0 radical (unpaired) electrons. The Morgan fingerprint density at radius 2 is 1.58 bits per heavy atom. The Bertz CT molecular complexity index is 2130. The zero-order chi connectivity index (χ0) is 50.5. The van der Waals surface area contributed by atoms with Gasteiger partial charge in [-0.2, -0.15) is 0 Å². The van der Waals surface area contributed by atoms with Gasteiger partial charge in [0.2, 0.25) is 5.79 Å². The van der Waals surface area contributed by atoms with E-state index >= 15 is 4.79 Å². The number of rotatable bonds is 31. The molecular weight excluding hydrogens is 916 g/mol. The lowest BCUT2D eigenvalue weighted by atomic mass is 9.55. The number of fused-ring (bicyclic) bond motifs is 2. The summed E-state index contributed by atoms with van der Waals surface area (Å²) in [5, 5.41) is 25.1. The van der Waals surface area contributed by atoms with Gasteiger partial charge in [-0.3, -0.25) is 4.90 Å². The van der Waals surface area contributed by atoms with Gasteiger partial charge in [-0.1, -0.05) is 125 Å². The number of carbonyl (C=O) groups is 1. The highest BCUT2D eigenvalue weighted by Gasteiger charge is 2.65. The smallest absolute Gasteiger partial charge is 0.410 e. The fourth-order valence-corrected chi connectivity index (χ4v) is 11.4. The summed E-state index contributed by atoms with van der Waals surface area (Å²) < 4.78 is 41.9. The van der Waals surface area contributed by atoms with Gasteiger partial charge in [0.05, 0.1) is 31.5 Å². The Labute approximate surface area is 428 Å². The van der Waals surface area contributed by atoms with E-state index in [1.807, 2.05) is 51.1 Å². The molecule has 0 bridgehead atoms. The van der Waals surface area contributed by atoms with Crippen molar-refractivity contribution < 1.29 is 43.2 Å². The Morgan fingerprint density at radius 1 is 0.887 bits per heavy atom. The third kappa shape index (κ3) is 16.1. The summed E-state index contributed by atoms with van der Waals surface area (Å²) in [6, 6.07) is 21.8. The molecule has 0 spiro atoms. The number of thioether (sulfide) groups is 1. The number of amides is 1. The summed E-state index contributed by atoms with van der Waals surface area (Å²) in [5.74, 6) is -0.315. The zero-order valence-corrected chi connectivity index (χ0v) is 44.0. The van der Waals surface area contributed by atoms with Gasteiger partial charge in [0.1, 0.15) is 29.0 Å². The van der Waals surface area contributed by atoms with Crippen LogP contribution in [-0.2, 0) is 20.9 Å². The van der Waals surface area contributed by atoms with E-state index in [0.717, 1.165) is 73.1 Å². The molecule has 6 atom stereocenters. The Balaban J connectivity index is 1.44. The molecule has 3 aromatic carbocycles. The third-order valence-corrected chi connectivity index (χ3v) is 15.0. The van der Waals surface area contributed by atoms with E-state index in [1.54, 1.807) is 34.9 Å². The number of allylic oxidation sites excluding steroid dienone is 1. The molecule has 1 saturated carbocycles. The van der Waals surface area contributed by atoms with E-state index in [9.17, 15) is 14.6 Å². The standard InChI is InChI=1S/C59H83FN2O8S/c1-6-8-9-10-11-12-13-14-15-23-37-67-57(65)62(43-44-28-30-46(60)31-29-44)54-42-52(61-70-58(3,4)5)50-40-45(24-19-21-34-63)49(27-20-22-35-64)55-51-41-47(66-38-39-71-48-25-17-16-18-26-48)32-33-53(51)69-59(54,56(50)55)68-36-7-2/h7,16-18,25-26,28-33,40-41,45,49,54-56,63-64H,2,6,8-15,19-24,27,34-39,42-43H2,1,3-5H3/t45-,49+,54-,55+,56+,59+/m0/s1. The minimum absolute atomic E-state index is 0.0459. The number of carbonyl (C=O) groups excluding carboxylic acids is 1. The van der Waals surface area contributed by atoms with Crippen molar-refractivity contribution in [2.24, 2.45) is 22.9 Å². The van der Waals surface area contributed by atoms with E-state index in [1.165, 1.54) is 62.0 Å². The Kier molecular flexibility index (Phi) is 22.7. The molecule has 390 valence electrons. The molecule has 1 aliphatic heterocycles. The number of halogens is 1. The van der Waals surface area contributed by atoms with Crippen molar-refractivity contribution in [3.63, 3.8) is 0 Å². The van der Waals surface area contributed by atoms with Crippen LogP contribution < -0.4 is 9.47 Å². The molecule has 1 heterocycles.